The Morgan fingerprint density at radius 3 is 1.22 bits per heavy atom. The molecule has 0 rings (SSSR count). The van der Waals surface area contributed by atoms with Crippen molar-refractivity contribution in [3.8, 4) is 0 Å². The van der Waals surface area contributed by atoms with Gasteiger partial charge in [-0.25, -0.2) is 4.39 Å². The first-order valence-corrected chi connectivity index (χ1v) is 6.10. The molecule has 160 valence electrons. The number of halogens is 15. The van der Waals surface area contributed by atoms with Crippen molar-refractivity contribution in [2.24, 2.45) is 5.41 Å². The Labute approximate surface area is 138 Å². The maximum absolute atomic E-state index is 13.6. The van der Waals surface area contributed by atoms with Crippen molar-refractivity contribution in [3.05, 3.63) is 11.4 Å². The minimum Gasteiger partial charge on any atom is -0.298 e. The average Bonchev–Trinajstić information content (AvgIpc) is 2.37. The van der Waals surface area contributed by atoms with Crippen LogP contribution in [0.15, 0.2) is 11.4 Å². The Kier molecular flexibility index (Phi) is 6.34. The topological polar surface area (TPSA) is 17.1 Å². The number of alkyl halides is 14. The summed E-state index contributed by atoms with van der Waals surface area (Å²) in [6, 6.07) is 0. The molecule has 16 heteroatoms. The molecule has 1 unspecified atom stereocenters. The van der Waals surface area contributed by atoms with Gasteiger partial charge in [0.2, 0.25) is 11.2 Å². The normalized spacial score (nSPS) is 18.1. The van der Waals surface area contributed by atoms with Gasteiger partial charge in [0.15, 0.2) is 5.78 Å². The maximum Gasteiger partial charge on any atom is 0.455 e. The molecule has 0 spiro atoms. The molecule has 1 nitrogen and oxygen atoms in total. The summed E-state index contributed by atoms with van der Waals surface area (Å²) in [5, 5.41) is 0. The number of allylic oxidation sites excluding steroid dienone is 2. The molecular weight excluding hydrogens is 433 g/mol. The molecular formula is C11H5F15O. The van der Waals surface area contributed by atoms with Crippen molar-refractivity contribution in [1.29, 1.82) is 0 Å². The number of carbonyl (C=O) groups is 1. The highest BCUT2D eigenvalue weighted by molar-refractivity contribution is 5.90. The first-order valence-electron chi connectivity index (χ1n) is 6.10. The maximum atomic E-state index is 13.6. The fourth-order valence-corrected chi connectivity index (χ4v) is 2.07. The van der Waals surface area contributed by atoms with Crippen LogP contribution in [0.5, 0.6) is 0 Å². The lowest BCUT2D eigenvalue weighted by molar-refractivity contribution is -0.369. The molecule has 0 amide bonds. The van der Waals surface area contributed by atoms with E-state index in [9.17, 15) is 70.7 Å². The Hall–Kier alpha value is -1.64. The van der Waals surface area contributed by atoms with Crippen LogP contribution in [-0.4, -0.2) is 36.4 Å². The van der Waals surface area contributed by atoms with E-state index in [0.717, 1.165) is 0 Å². The van der Waals surface area contributed by atoms with Crippen LogP contribution in [-0.2, 0) is 4.79 Å². The Morgan fingerprint density at radius 2 is 1.04 bits per heavy atom. The third-order valence-corrected chi connectivity index (χ3v) is 3.12. The van der Waals surface area contributed by atoms with E-state index in [1.54, 1.807) is 0 Å². The molecule has 27 heavy (non-hydrogen) atoms. The predicted octanol–water partition coefficient (Wildman–Crippen LogP) is 6.06. The van der Waals surface area contributed by atoms with Gasteiger partial charge < -0.3 is 0 Å². The van der Waals surface area contributed by atoms with Gasteiger partial charge in [0.05, 0.1) is 0 Å². The molecule has 0 N–H and O–H groups in total. The van der Waals surface area contributed by atoms with Gasteiger partial charge in [0, 0.05) is 6.42 Å². The molecule has 0 heterocycles. The van der Waals surface area contributed by atoms with Gasteiger partial charge in [-0.1, -0.05) is 6.92 Å². The van der Waals surface area contributed by atoms with E-state index in [-0.39, 0.29) is 6.92 Å². The molecule has 0 aromatic carbocycles. The van der Waals surface area contributed by atoms with Crippen molar-refractivity contribution in [3.63, 3.8) is 0 Å². The minimum absolute atomic E-state index is 0.0643. The van der Waals surface area contributed by atoms with Gasteiger partial charge in [-0.15, -0.1) is 0 Å². The van der Waals surface area contributed by atoms with Crippen LogP contribution in [0, 0.1) is 5.41 Å². The van der Waals surface area contributed by atoms with Gasteiger partial charge in [-0.2, -0.15) is 61.5 Å². The second kappa shape index (κ2) is 6.76. The summed E-state index contributed by atoms with van der Waals surface area (Å²) in [6.07, 6.45) is -31.9. The highest BCUT2D eigenvalue weighted by Crippen LogP contribution is 2.64. The number of rotatable bonds is 4. The van der Waals surface area contributed by atoms with E-state index in [0.29, 0.717) is 0 Å². The van der Waals surface area contributed by atoms with Crippen molar-refractivity contribution < 1.29 is 70.7 Å². The SMILES string of the molecule is CCC(=O)C(C(=C(F)C(F)(F)F)C(F)(F)F)(C(F)(F)F)C(F)(F)C(F)(F)F. The van der Waals surface area contributed by atoms with Crippen LogP contribution in [0.4, 0.5) is 65.9 Å². The largest absolute Gasteiger partial charge is 0.455 e. The molecule has 0 saturated heterocycles. The Bertz CT molecular complexity index is 599. The summed E-state index contributed by atoms with van der Waals surface area (Å²) >= 11 is 0. The molecule has 1 atom stereocenters. The third kappa shape index (κ3) is 3.97. The molecule has 0 aromatic rings. The van der Waals surface area contributed by atoms with Gasteiger partial charge in [-0.3, -0.25) is 4.79 Å². The van der Waals surface area contributed by atoms with Crippen molar-refractivity contribution in [1.82, 2.24) is 0 Å². The average molecular weight is 438 g/mol. The summed E-state index contributed by atoms with van der Waals surface area (Å²) in [7, 11) is 0. The highest BCUT2D eigenvalue weighted by Gasteiger charge is 2.87. The molecule has 0 radical (unpaired) electrons. The summed E-state index contributed by atoms with van der Waals surface area (Å²) in [5.41, 5.74) is -12.3. The smallest absolute Gasteiger partial charge is 0.298 e. The van der Waals surface area contributed by atoms with Crippen molar-refractivity contribution in [2.45, 2.75) is 44.0 Å². The van der Waals surface area contributed by atoms with Crippen molar-refractivity contribution in [2.75, 3.05) is 0 Å². The first kappa shape index (κ1) is 25.4. The fraction of sp³-hybridized carbons (Fsp3) is 0.727. The monoisotopic (exact) mass is 438 g/mol. The highest BCUT2D eigenvalue weighted by atomic mass is 19.4. The van der Waals surface area contributed by atoms with Crippen LogP contribution >= 0.6 is 0 Å². The zero-order valence-electron chi connectivity index (χ0n) is 12.3. The van der Waals surface area contributed by atoms with E-state index in [4.69, 9.17) is 0 Å². The molecule has 0 fully saturated rings. The number of carbonyl (C=O) groups excluding carboxylic acids is 1. The van der Waals surface area contributed by atoms with Gasteiger partial charge in [-0.05, 0) is 0 Å². The number of ketones is 1. The van der Waals surface area contributed by atoms with Crippen LogP contribution in [0.1, 0.15) is 13.3 Å². The number of Topliss-reactive ketones (excluding diaryl/α,β-unsaturated/α-hetero) is 1. The summed E-state index contributed by atoms with van der Waals surface area (Å²) in [5.74, 6) is -16.4. The lowest BCUT2D eigenvalue weighted by Crippen LogP contribution is -2.66. The minimum atomic E-state index is -7.81. The van der Waals surface area contributed by atoms with Crippen LogP contribution in [0.2, 0.25) is 0 Å². The van der Waals surface area contributed by atoms with Gasteiger partial charge in [0.25, 0.3) is 0 Å². The zero-order valence-corrected chi connectivity index (χ0v) is 12.3. The lowest BCUT2D eigenvalue weighted by atomic mass is 9.68. The predicted molar refractivity (Wildman–Crippen MR) is 55.0 cm³/mol. The van der Waals surface area contributed by atoms with E-state index < -0.39 is 59.6 Å². The van der Waals surface area contributed by atoms with Crippen LogP contribution in [0.3, 0.4) is 0 Å². The zero-order chi connectivity index (χ0) is 22.4. The molecule has 0 aliphatic carbocycles. The van der Waals surface area contributed by atoms with Gasteiger partial charge in [0.1, 0.15) is 5.57 Å². The summed E-state index contributed by atoms with van der Waals surface area (Å²) < 4.78 is 192. The van der Waals surface area contributed by atoms with E-state index in [1.165, 1.54) is 0 Å². The second-order valence-corrected chi connectivity index (χ2v) is 4.78. The number of hydrogen-bond acceptors (Lipinski definition) is 1. The first-order chi connectivity index (χ1) is 11.5. The molecule has 0 aliphatic heterocycles. The van der Waals surface area contributed by atoms with Crippen LogP contribution in [0.25, 0.3) is 0 Å². The molecule has 0 aliphatic rings. The van der Waals surface area contributed by atoms with E-state index in [1.807, 2.05) is 0 Å². The standard InChI is InChI=1S/C11H5F15O/c1-2-3(27)6(10(21,22)23,9(19,20)11(24,25)26)4(7(13,14)15)5(12)8(16,17)18/h2H2,1H3. The Balaban J connectivity index is 7.91. The molecule has 0 bridgehead atoms. The lowest BCUT2D eigenvalue weighted by Gasteiger charge is -2.42. The van der Waals surface area contributed by atoms with Gasteiger partial charge >= 0.3 is 30.6 Å². The second-order valence-electron chi connectivity index (χ2n) is 4.78. The number of hydrogen-bond donors (Lipinski definition) is 0. The summed E-state index contributed by atoms with van der Waals surface area (Å²) in [6.45, 7) is 0.0643. The van der Waals surface area contributed by atoms with E-state index in [2.05, 4.69) is 0 Å². The summed E-state index contributed by atoms with van der Waals surface area (Å²) in [4.78, 5) is 11.3. The quantitative estimate of drug-likeness (QED) is 0.488. The van der Waals surface area contributed by atoms with Crippen LogP contribution < -0.4 is 0 Å². The van der Waals surface area contributed by atoms with Crippen molar-refractivity contribution >= 4 is 5.78 Å². The van der Waals surface area contributed by atoms with E-state index >= 15 is 0 Å². The molecule has 0 aromatic heterocycles. The fourth-order valence-electron chi connectivity index (χ4n) is 2.07. The Morgan fingerprint density at radius 1 is 0.667 bits per heavy atom. The third-order valence-electron chi connectivity index (χ3n) is 3.12. The molecule has 0 saturated carbocycles.